The average molecular weight is 358 g/mol. The van der Waals surface area contributed by atoms with Crippen molar-refractivity contribution >= 4 is 23.5 Å². The highest BCUT2D eigenvalue weighted by molar-refractivity contribution is 7.99. The van der Waals surface area contributed by atoms with Gasteiger partial charge in [0.2, 0.25) is 0 Å². The number of hydrogen-bond acceptors (Lipinski definition) is 4. The zero-order valence-electron chi connectivity index (χ0n) is 14.6. The lowest BCUT2D eigenvalue weighted by Gasteiger charge is -2.25. The smallest absolute Gasteiger partial charge is 0.323 e. The number of amides is 2. The van der Waals surface area contributed by atoms with Crippen LogP contribution in [0.4, 0.5) is 10.5 Å². The Hall–Kier alpha value is -2.34. The summed E-state index contributed by atoms with van der Waals surface area (Å²) in [5, 5.41) is 2.96. The van der Waals surface area contributed by atoms with Crippen molar-refractivity contribution in [2.24, 2.45) is 0 Å². The molecule has 1 atom stereocenters. The minimum atomic E-state index is -0.0916. The van der Waals surface area contributed by atoms with E-state index in [0.29, 0.717) is 6.54 Å². The van der Waals surface area contributed by atoms with Crippen molar-refractivity contribution in [3.63, 3.8) is 0 Å². The standard InChI is InChI=1S/C19H22N2O3S/c1-13-6-4-5-7-17(13)20-19(22)21-8-9-25-18(21)14-10-15(23-2)12-16(11-14)24-3/h4-7,10-12,18H,8-9H2,1-3H3,(H,20,22)/t18-/m1/s1. The van der Waals surface area contributed by atoms with Crippen LogP contribution >= 0.6 is 11.8 Å². The quantitative estimate of drug-likeness (QED) is 0.886. The van der Waals surface area contributed by atoms with Gasteiger partial charge in [-0.05, 0) is 36.2 Å². The average Bonchev–Trinajstić information content (AvgIpc) is 3.13. The molecule has 1 aliphatic heterocycles. The predicted molar refractivity (Wildman–Crippen MR) is 102 cm³/mol. The monoisotopic (exact) mass is 358 g/mol. The summed E-state index contributed by atoms with van der Waals surface area (Å²) in [6, 6.07) is 13.4. The summed E-state index contributed by atoms with van der Waals surface area (Å²) < 4.78 is 10.7. The highest BCUT2D eigenvalue weighted by atomic mass is 32.2. The maximum absolute atomic E-state index is 12.8. The molecule has 132 valence electrons. The number of ether oxygens (including phenoxy) is 2. The van der Waals surface area contributed by atoms with Crippen LogP contribution in [0, 0.1) is 6.92 Å². The van der Waals surface area contributed by atoms with Gasteiger partial charge in [-0.15, -0.1) is 11.8 Å². The van der Waals surface area contributed by atoms with Crippen LogP contribution in [-0.4, -0.2) is 37.4 Å². The number of thioether (sulfide) groups is 1. The molecule has 6 heteroatoms. The third-order valence-electron chi connectivity index (χ3n) is 4.20. The molecule has 0 radical (unpaired) electrons. The lowest BCUT2D eigenvalue weighted by Crippen LogP contribution is -2.34. The van der Waals surface area contributed by atoms with E-state index in [2.05, 4.69) is 5.32 Å². The number of benzene rings is 2. The van der Waals surface area contributed by atoms with Gasteiger partial charge in [-0.2, -0.15) is 0 Å². The Morgan fingerprint density at radius 2 is 1.84 bits per heavy atom. The lowest BCUT2D eigenvalue weighted by molar-refractivity contribution is 0.214. The zero-order chi connectivity index (χ0) is 17.8. The van der Waals surface area contributed by atoms with Gasteiger partial charge in [-0.25, -0.2) is 4.79 Å². The number of nitrogens with zero attached hydrogens (tertiary/aromatic N) is 1. The molecule has 1 fully saturated rings. The van der Waals surface area contributed by atoms with Gasteiger partial charge in [0.05, 0.1) is 14.2 Å². The Bertz CT molecular complexity index is 744. The van der Waals surface area contributed by atoms with E-state index in [1.807, 2.05) is 54.3 Å². The third kappa shape index (κ3) is 3.85. The minimum Gasteiger partial charge on any atom is -0.497 e. The van der Waals surface area contributed by atoms with Gasteiger partial charge >= 0.3 is 6.03 Å². The molecular weight excluding hydrogens is 336 g/mol. The van der Waals surface area contributed by atoms with E-state index in [0.717, 1.165) is 34.1 Å². The van der Waals surface area contributed by atoms with Crippen LogP contribution in [0.15, 0.2) is 42.5 Å². The van der Waals surface area contributed by atoms with Crippen LogP contribution in [0.5, 0.6) is 11.5 Å². The molecular formula is C19H22N2O3S. The van der Waals surface area contributed by atoms with Gasteiger partial charge in [0.25, 0.3) is 0 Å². The largest absolute Gasteiger partial charge is 0.497 e. The first kappa shape index (κ1) is 17.5. The summed E-state index contributed by atoms with van der Waals surface area (Å²) in [4.78, 5) is 14.7. The molecule has 25 heavy (non-hydrogen) atoms. The van der Waals surface area contributed by atoms with Crippen molar-refractivity contribution in [3.8, 4) is 11.5 Å². The number of urea groups is 1. The first-order chi connectivity index (χ1) is 12.1. The van der Waals surface area contributed by atoms with Gasteiger partial charge in [-0.1, -0.05) is 18.2 Å². The van der Waals surface area contributed by atoms with Crippen molar-refractivity contribution in [3.05, 3.63) is 53.6 Å². The Morgan fingerprint density at radius 3 is 2.48 bits per heavy atom. The maximum Gasteiger partial charge on any atom is 0.323 e. The Labute approximate surface area is 152 Å². The number of carbonyl (C=O) groups excluding carboxylic acids is 1. The zero-order valence-corrected chi connectivity index (χ0v) is 15.4. The highest BCUT2D eigenvalue weighted by Crippen LogP contribution is 2.40. The molecule has 1 aliphatic rings. The number of para-hydroxylation sites is 1. The number of rotatable bonds is 4. The number of hydrogen-bond donors (Lipinski definition) is 1. The van der Waals surface area contributed by atoms with E-state index in [-0.39, 0.29) is 11.4 Å². The Kier molecular flexibility index (Phi) is 5.38. The maximum atomic E-state index is 12.8. The fourth-order valence-electron chi connectivity index (χ4n) is 2.83. The second-order valence-corrected chi connectivity index (χ2v) is 7.00. The van der Waals surface area contributed by atoms with E-state index in [9.17, 15) is 4.79 Å². The molecule has 5 nitrogen and oxygen atoms in total. The van der Waals surface area contributed by atoms with Gasteiger partial charge in [0.15, 0.2) is 0 Å². The summed E-state index contributed by atoms with van der Waals surface area (Å²) in [7, 11) is 3.26. The number of anilines is 1. The molecule has 0 saturated carbocycles. The Balaban J connectivity index is 1.83. The first-order valence-electron chi connectivity index (χ1n) is 8.10. The lowest BCUT2D eigenvalue weighted by atomic mass is 10.1. The molecule has 0 bridgehead atoms. The molecule has 3 rings (SSSR count). The first-order valence-corrected chi connectivity index (χ1v) is 9.15. The molecule has 2 amide bonds. The fraction of sp³-hybridized carbons (Fsp3) is 0.316. The summed E-state index contributed by atoms with van der Waals surface area (Å²) in [5.41, 5.74) is 2.88. The van der Waals surface area contributed by atoms with Crippen molar-refractivity contribution < 1.29 is 14.3 Å². The summed E-state index contributed by atoms with van der Waals surface area (Å²) >= 11 is 1.74. The van der Waals surface area contributed by atoms with Gasteiger partial charge < -0.3 is 19.7 Å². The van der Waals surface area contributed by atoms with Crippen molar-refractivity contribution in [1.82, 2.24) is 4.90 Å². The van der Waals surface area contributed by atoms with Crippen LogP contribution in [-0.2, 0) is 0 Å². The fourth-order valence-corrected chi connectivity index (χ4v) is 4.06. The van der Waals surface area contributed by atoms with Gasteiger partial charge in [-0.3, -0.25) is 0 Å². The topological polar surface area (TPSA) is 50.8 Å². The number of methoxy groups -OCH3 is 2. The number of carbonyl (C=O) groups is 1. The van der Waals surface area contributed by atoms with Crippen molar-refractivity contribution in [1.29, 1.82) is 0 Å². The summed E-state index contributed by atoms with van der Waals surface area (Å²) in [5.74, 6) is 2.34. The molecule has 0 unspecified atom stereocenters. The highest BCUT2D eigenvalue weighted by Gasteiger charge is 2.31. The van der Waals surface area contributed by atoms with Gasteiger partial charge in [0.1, 0.15) is 16.9 Å². The summed E-state index contributed by atoms with van der Waals surface area (Å²) in [6.45, 7) is 2.69. The molecule has 0 aromatic heterocycles. The third-order valence-corrected chi connectivity index (χ3v) is 5.46. The number of nitrogens with one attached hydrogen (secondary N) is 1. The van der Waals surface area contributed by atoms with E-state index in [1.165, 1.54) is 0 Å². The number of aryl methyl sites for hydroxylation is 1. The van der Waals surface area contributed by atoms with Crippen molar-refractivity contribution in [2.75, 3.05) is 31.8 Å². The van der Waals surface area contributed by atoms with E-state index in [4.69, 9.17) is 9.47 Å². The van der Waals surface area contributed by atoms with Crippen LogP contribution in [0.1, 0.15) is 16.5 Å². The van der Waals surface area contributed by atoms with Crippen LogP contribution in [0.2, 0.25) is 0 Å². The molecule has 1 saturated heterocycles. The molecule has 2 aromatic carbocycles. The minimum absolute atomic E-state index is 0.0620. The van der Waals surface area contributed by atoms with E-state index >= 15 is 0 Å². The van der Waals surface area contributed by atoms with Crippen LogP contribution in [0.3, 0.4) is 0 Å². The van der Waals surface area contributed by atoms with E-state index in [1.54, 1.807) is 26.0 Å². The van der Waals surface area contributed by atoms with Crippen LogP contribution < -0.4 is 14.8 Å². The Morgan fingerprint density at radius 1 is 1.16 bits per heavy atom. The summed E-state index contributed by atoms with van der Waals surface area (Å²) in [6.07, 6.45) is 0. The second kappa shape index (κ2) is 7.70. The normalized spacial score (nSPS) is 16.6. The predicted octanol–water partition coefficient (Wildman–Crippen LogP) is 4.29. The molecule has 2 aromatic rings. The van der Waals surface area contributed by atoms with Crippen LogP contribution in [0.25, 0.3) is 0 Å². The van der Waals surface area contributed by atoms with Gasteiger partial charge in [0, 0.05) is 24.1 Å². The van der Waals surface area contributed by atoms with E-state index < -0.39 is 0 Å². The molecule has 0 aliphatic carbocycles. The SMILES string of the molecule is COc1cc(OC)cc([C@H]2SCCN2C(=O)Nc2ccccc2C)c1. The molecule has 1 N–H and O–H groups in total. The molecule has 0 spiro atoms. The van der Waals surface area contributed by atoms with Crippen molar-refractivity contribution in [2.45, 2.75) is 12.3 Å². The molecule has 1 heterocycles. The second-order valence-electron chi connectivity index (χ2n) is 5.81.